The third kappa shape index (κ3) is 2.87. The van der Waals surface area contributed by atoms with Crippen molar-refractivity contribution >= 4 is 46.8 Å². The minimum absolute atomic E-state index is 0.266. The lowest BCUT2D eigenvalue weighted by Gasteiger charge is -2.21. The number of hydrogen-bond acceptors (Lipinski definition) is 4. The van der Waals surface area contributed by atoms with Crippen LogP contribution in [0.5, 0.6) is 0 Å². The Balaban J connectivity index is 2.23. The zero-order valence-electron chi connectivity index (χ0n) is 4.99. The molecule has 1 saturated heterocycles. The topological polar surface area (TPSA) is 0 Å². The van der Waals surface area contributed by atoms with Gasteiger partial charge >= 0.3 is 0 Å². The van der Waals surface area contributed by atoms with Crippen LogP contribution in [0, 0.1) is 0 Å². The molecule has 0 aliphatic carbocycles. The first-order chi connectivity index (χ1) is 4.30. The maximum atomic E-state index is 4.27. The molecule has 1 aliphatic heterocycles. The summed E-state index contributed by atoms with van der Waals surface area (Å²) in [5.74, 6) is 1.30. The maximum Gasteiger partial charge on any atom is 0.0569 e. The summed E-state index contributed by atoms with van der Waals surface area (Å²) in [7, 11) is 3.89. The van der Waals surface area contributed by atoms with Gasteiger partial charge in [0.05, 0.1) is 4.58 Å². The summed E-state index contributed by atoms with van der Waals surface area (Å²) in [5.41, 5.74) is 0. The van der Waals surface area contributed by atoms with Gasteiger partial charge in [-0.2, -0.15) is 25.3 Å². The average Bonchev–Trinajstić information content (AvgIpc) is 1.90. The molecule has 0 aromatic rings. The lowest BCUT2D eigenvalue weighted by molar-refractivity contribution is 0.787. The van der Waals surface area contributed by atoms with Crippen LogP contribution in [0.2, 0.25) is 0 Å². The molecule has 0 N–H and O–H groups in total. The molecule has 0 aromatic carbocycles. The lowest BCUT2D eigenvalue weighted by atomic mass is 10.3. The largest absolute Gasteiger partial charge is 0.164 e. The molecular formula is C5H10S4. The summed E-state index contributed by atoms with van der Waals surface area (Å²) in [6.45, 7) is 0. The molecule has 4 heteroatoms. The van der Waals surface area contributed by atoms with Crippen LogP contribution in [-0.2, 0) is 0 Å². The van der Waals surface area contributed by atoms with E-state index >= 15 is 0 Å². The van der Waals surface area contributed by atoms with Crippen molar-refractivity contribution in [1.29, 1.82) is 0 Å². The van der Waals surface area contributed by atoms with Crippen molar-refractivity contribution in [3.8, 4) is 0 Å². The van der Waals surface area contributed by atoms with Crippen LogP contribution in [0.15, 0.2) is 0 Å². The van der Waals surface area contributed by atoms with Crippen molar-refractivity contribution in [3.63, 3.8) is 0 Å². The van der Waals surface area contributed by atoms with Crippen molar-refractivity contribution in [1.82, 2.24) is 0 Å². The van der Waals surface area contributed by atoms with Gasteiger partial charge in [0.2, 0.25) is 0 Å². The minimum Gasteiger partial charge on any atom is -0.164 e. The van der Waals surface area contributed by atoms with Gasteiger partial charge in [0, 0.05) is 11.0 Å². The van der Waals surface area contributed by atoms with Crippen molar-refractivity contribution in [2.45, 2.75) is 22.7 Å². The molecule has 9 heavy (non-hydrogen) atoms. The second-order valence-corrected chi connectivity index (χ2v) is 6.26. The average molecular weight is 198 g/mol. The van der Waals surface area contributed by atoms with E-state index in [0.29, 0.717) is 5.25 Å². The van der Waals surface area contributed by atoms with E-state index in [9.17, 15) is 0 Å². The van der Waals surface area contributed by atoms with E-state index in [0.717, 1.165) is 0 Å². The van der Waals surface area contributed by atoms with Crippen LogP contribution in [0.25, 0.3) is 0 Å². The molecule has 0 saturated carbocycles. The molecule has 1 heterocycles. The molecule has 1 aliphatic rings. The number of rotatable bonds is 1. The quantitative estimate of drug-likeness (QED) is 0.378. The fourth-order valence-electron chi connectivity index (χ4n) is 0.726. The zero-order valence-corrected chi connectivity index (χ0v) is 8.41. The molecule has 0 spiro atoms. The minimum atomic E-state index is 0.266. The second kappa shape index (κ2) is 4.31. The van der Waals surface area contributed by atoms with Gasteiger partial charge in [-0.1, -0.05) is 21.6 Å². The van der Waals surface area contributed by atoms with E-state index < -0.39 is 0 Å². The van der Waals surface area contributed by atoms with E-state index in [1.807, 2.05) is 21.6 Å². The fourth-order valence-corrected chi connectivity index (χ4v) is 4.59. The highest BCUT2D eigenvalue weighted by Crippen LogP contribution is 2.39. The van der Waals surface area contributed by atoms with Gasteiger partial charge in [0.15, 0.2) is 0 Å². The zero-order chi connectivity index (χ0) is 6.69. The predicted octanol–water partition coefficient (Wildman–Crippen LogP) is 2.72. The summed E-state index contributed by atoms with van der Waals surface area (Å²) in [6, 6.07) is 0. The van der Waals surface area contributed by atoms with E-state index in [-0.39, 0.29) is 4.58 Å². The van der Waals surface area contributed by atoms with Crippen molar-refractivity contribution in [2.24, 2.45) is 0 Å². The van der Waals surface area contributed by atoms with Crippen LogP contribution < -0.4 is 0 Å². The smallest absolute Gasteiger partial charge is 0.0569 e. The molecule has 0 nitrogen and oxygen atoms in total. The second-order valence-electron chi connectivity index (χ2n) is 2.01. The highest BCUT2D eigenvalue weighted by atomic mass is 33.1. The fraction of sp³-hybridized carbons (Fsp3) is 1.00. The third-order valence-corrected chi connectivity index (χ3v) is 5.36. The van der Waals surface area contributed by atoms with Crippen LogP contribution in [0.1, 0.15) is 12.8 Å². The predicted molar refractivity (Wildman–Crippen MR) is 54.8 cm³/mol. The monoisotopic (exact) mass is 198 g/mol. The maximum absolute atomic E-state index is 4.27. The molecular weight excluding hydrogens is 188 g/mol. The first-order valence-electron chi connectivity index (χ1n) is 2.95. The van der Waals surface area contributed by atoms with E-state index in [2.05, 4.69) is 25.3 Å². The standard InChI is InChI=1S/C5H10S4/c6-5(7)4-2-1-3-8-9-4/h4-7H,1-3H2. The van der Waals surface area contributed by atoms with Gasteiger partial charge in [-0.05, 0) is 12.8 Å². The Kier molecular flexibility index (Phi) is 4.07. The Morgan fingerprint density at radius 3 is 2.56 bits per heavy atom. The third-order valence-electron chi connectivity index (χ3n) is 1.24. The Labute approximate surface area is 75.1 Å². The summed E-state index contributed by atoms with van der Waals surface area (Å²) < 4.78 is 0.266. The van der Waals surface area contributed by atoms with Crippen molar-refractivity contribution < 1.29 is 0 Å². The molecule has 54 valence electrons. The summed E-state index contributed by atoms with van der Waals surface area (Å²) in [4.78, 5) is 0. The van der Waals surface area contributed by atoms with Crippen LogP contribution in [0.4, 0.5) is 0 Å². The molecule has 1 unspecified atom stereocenters. The lowest BCUT2D eigenvalue weighted by Crippen LogP contribution is -2.14. The van der Waals surface area contributed by atoms with Crippen molar-refractivity contribution in [2.75, 3.05) is 5.75 Å². The molecule has 0 radical (unpaired) electrons. The SMILES string of the molecule is SC(S)C1CCCSS1. The number of hydrogen-bond donors (Lipinski definition) is 2. The first kappa shape index (κ1) is 8.50. The Morgan fingerprint density at radius 2 is 2.22 bits per heavy atom. The Morgan fingerprint density at radius 1 is 1.44 bits per heavy atom. The Hall–Kier alpha value is 1.40. The molecule has 1 rings (SSSR count). The normalized spacial score (nSPS) is 29.0. The van der Waals surface area contributed by atoms with E-state index in [4.69, 9.17) is 0 Å². The van der Waals surface area contributed by atoms with Gasteiger partial charge in [0.1, 0.15) is 0 Å². The number of thiol groups is 2. The van der Waals surface area contributed by atoms with Gasteiger partial charge in [-0.25, -0.2) is 0 Å². The molecule has 0 amide bonds. The first-order valence-corrected chi connectivity index (χ1v) is 6.36. The summed E-state index contributed by atoms with van der Waals surface area (Å²) in [6.07, 6.45) is 2.62. The van der Waals surface area contributed by atoms with Crippen molar-refractivity contribution in [3.05, 3.63) is 0 Å². The van der Waals surface area contributed by atoms with Crippen LogP contribution in [-0.4, -0.2) is 15.6 Å². The van der Waals surface area contributed by atoms with E-state index in [1.165, 1.54) is 18.6 Å². The molecule has 1 fully saturated rings. The van der Waals surface area contributed by atoms with Crippen LogP contribution >= 0.6 is 46.8 Å². The Bertz CT molecular complexity index is 77.0. The highest BCUT2D eigenvalue weighted by Gasteiger charge is 2.18. The van der Waals surface area contributed by atoms with Gasteiger partial charge in [0.25, 0.3) is 0 Å². The molecule has 1 atom stereocenters. The van der Waals surface area contributed by atoms with Gasteiger partial charge in [-0.3, -0.25) is 0 Å². The highest BCUT2D eigenvalue weighted by molar-refractivity contribution is 8.77. The summed E-state index contributed by atoms with van der Waals surface area (Å²) >= 11 is 8.54. The van der Waals surface area contributed by atoms with Gasteiger partial charge in [-0.15, -0.1) is 0 Å². The molecule has 0 aromatic heterocycles. The van der Waals surface area contributed by atoms with Crippen LogP contribution in [0.3, 0.4) is 0 Å². The van der Waals surface area contributed by atoms with E-state index in [1.54, 1.807) is 0 Å². The van der Waals surface area contributed by atoms with Gasteiger partial charge < -0.3 is 0 Å². The molecule has 0 bridgehead atoms. The summed E-state index contributed by atoms with van der Waals surface area (Å²) in [5, 5.41) is 0.662.